The van der Waals surface area contributed by atoms with Crippen molar-refractivity contribution in [3.63, 3.8) is 0 Å². The van der Waals surface area contributed by atoms with Gasteiger partial charge in [-0.25, -0.2) is 4.98 Å². The predicted molar refractivity (Wildman–Crippen MR) is 42.2 cm³/mol. The number of carbonyl (C=O) groups is 1. The number of carbonyl (C=O) groups excluding carboxylic acids is 1. The largest absolute Gasteiger partial charge is 0.334 e. The smallest absolute Gasteiger partial charge is 0.219 e. The Morgan fingerprint density at radius 3 is 3.25 bits per heavy atom. The Bertz CT molecular complexity index is 305. The standard InChI is InChI=1S/C8H10N3O/c1-7(12)11-5-4-10-3-2-9-8(10)6-11/h3H,4-6H2,1H3. The first-order valence-electron chi connectivity index (χ1n) is 3.95. The summed E-state index contributed by atoms with van der Waals surface area (Å²) in [4.78, 5) is 16.8. The van der Waals surface area contributed by atoms with E-state index < -0.39 is 0 Å². The number of imidazole rings is 1. The molecule has 0 bridgehead atoms. The number of nitrogens with zero attached hydrogens (tertiary/aromatic N) is 3. The van der Waals surface area contributed by atoms with Crippen molar-refractivity contribution in [3.05, 3.63) is 18.2 Å². The van der Waals surface area contributed by atoms with Gasteiger partial charge in [-0.1, -0.05) is 0 Å². The molecule has 4 heteroatoms. The highest BCUT2D eigenvalue weighted by molar-refractivity contribution is 5.73. The van der Waals surface area contributed by atoms with Crippen LogP contribution in [0, 0.1) is 6.20 Å². The van der Waals surface area contributed by atoms with Crippen LogP contribution in [-0.4, -0.2) is 26.9 Å². The van der Waals surface area contributed by atoms with E-state index in [2.05, 4.69) is 11.2 Å². The third kappa shape index (κ3) is 1.09. The lowest BCUT2D eigenvalue weighted by molar-refractivity contribution is -0.130. The van der Waals surface area contributed by atoms with Crippen LogP contribution in [0.5, 0.6) is 0 Å². The quantitative estimate of drug-likeness (QED) is 0.543. The number of hydrogen-bond acceptors (Lipinski definition) is 2. The van der Waals surface area contributed by atoms with Crippen molar-refractivity contribution in [1.29, 1.82) is 0 Å². The zero-order valence-corrected chi connectivity index (χ0v) is 6.95. The Labute approximate surface area is 70.8 Å². The third-order valence-corrected chi connectivity index (χ3v) is 2.13. The van der Waals surface area contributed by atoms with E-state index >= 15 is 0 Å². The van der Waals surface area contributed by atoms with Crippen molar-refractivity contribution in [2.45, 2.75) is 20.0 Å². The number of hydrogen-bond donors (Lipinski definition) is 0. The Kier molecular flexibility index (Phi) is 1.60. The van der Waals surface area contributed by atoms with Crippen LogP contribution in [0.25, 0.3) is 0 Å². The molecular formula is C8H10N3O. The summed E-state index contributed by atoms with van der Waals surface area (Å²) in [5, 5.41) is 0. The van der Waals surface area contributed by atoms with Crippen LogP contribution in [0.2, 0.25) is 0 Å². The molecule has 4 nitrogen and oxygen atoms in total. The fourth-order valence-corrected chi connectivity index (χ4v) is 1.38. The van der Waals surface area contributed by atoms with Crippen molar-refractivity contribution >= 4 is 5.91 Å². The molecule has 1 aliphatic rings. The monoisotopic (exact) mass is 164 g/mol. The van der Waals surface area contributed by atoms with Crippen LogP contribution in [0.1, 0.15) is 12.7 Å². The molecule has 0 saturated carbocycles. The summed E-state index contributed by atoms with van der Waals surface area (Å²) in [7, 11) is 0. The molecular weight excluding hydrogens is 154 g/mol. The first-order chi connectivity index (χ1) is 5.77. The summed E-state index contributed by atoms with van der Waals surface area (Å²) in [6.45, 7) is 3.83. The molecule has 1 aliphatic heterocycles. The summed E-state index contributed by atoms with van der Waals surface area (Å²) in [5.41, 5.74) is 0. The molecule has 1 amide bonds. The highest BCUT2D eigenvalue weighted by Gasteiger charge is 2.17. The van der Waals surface area contributed by atoms with Gasteiger partial charge in [-0.2, -0.15) is 0 Å². The van der Waals surface area contributed by atoms with E-state index in [0.29, 0.717) is 6.54 Å². The lowest BCUT2D eigenvalue weighted by Gasteiger charge is -2.26. The molecule has 1 aromatic heterocycles. The van der Waals surface area contributed by atoms with Crippen LogP contribution in [-0.2, 0) is 17.9 Å². The molecule has 0 saturated heterocycles. The fourth-order valence-electron chi connectivity index (χ4n) is 1.38. The first-order valence-corrected chi connectivity index (χ1v) is 3.95. The van der Waals surface area contributed by atoms with E-state index in [4.69, 9.17) is 0 Å². The summed E-state index contributed by atoms with van der Waals surface area (Å²) in [6.07, 6.45) is 4.60. The number of amides is 1. The SMILES string of the molecule is CC(=O)N1CCn2c[c]nc2C1. The summed E-state index contributed by atoms with van der Waals surface area (Å²) in [5.74, 6) is 1.04. The molecule has 0 aliphatic carbocycles. The third-order valence-electron chi connectivity index (χ3n) is 2.13. The average molecular weight is 164 g/mol. The maximum Gasteiger partial charge on any atom is 0.219 e. The summed E-state index contributed by atoms with van der Waals surface area (Å²) >= 11 is 0. The number of rotatable bonds is 0. The normalized spacial score (nSPS) is 15.9. The van der Waals surface area contributed by atoms with E-state index in [1.807, 2.05) is 10.8 Å². The van der Waals surface area contributed by atoms with Gasteiger partial charge in [0, 0.05) is 26.2 Å². The maximum atomic E-state index is 11.0. The van der Waals surface area contributed by atoms with Crippen molar-refractivity contribution in [3.8, 4) is 0 Å². The molecule has 2 rings (SSSR count). The minimum absolute atomic E-state index is 0.115. The van der Waals surface area contributed by atoms with Gasteiger partial charge in [0.25, 0.3) is 0 Å². The molecule has 0 N–H and O–H groups in total. The minimum Gasteiger partial charge on any atom is -0.334 e. The van der Waals surface area contributed by atoms with Crippen molar-refractivity contribution in [2.24, 2.45) is 0 Å². The zero-order chi connectivity index (χ0) is 8.55. The molecule has 0 spiro atoms. The van der Waals surface area contributed by atoms with Crippen LogP contribution in [0.15, 0.2) is 6.20 Å². The average Bonchev–Trinajstić information content (AvgIpc) is 2.49. The topological polar surface area (TPSA) is 38.1 Å². The Balaban J connectivity index is 2.20. The second-order valence-corrected chi connectivity index (χ2v) is 2.92. The second-order valence-electron chi connectivity index (χ2n) is 2.92. The molecule has 63 valence electrons. The van der Waals surface area contributed by atoms with Gasteiger partial charge in [-0.15, -0.1) is 0 Å². The molecule has 0 unspecified atom stereocenters. The first kappa shape index (κ1) is 7.34. The van der Waals surface area contributed by atoms with Gasteiger partial charge < -0.3 is 9.47 Å². The Hall–Kier alpha value is -1.32. The minimum atomic E-state index is 0.115. The predicted octanol–water partition coefficient (Wildman–Crippen LogP) is 0.0454. The molecule has 0 fully saturated rings. The van der Waals surface area contributed by atoms with Gasteiger partial charge in [0.1, 0.15) is 12.0 Å². The highest BCUT2D eigenvalue weighted by Crippen LogP contribution is 2.09. The van der Waals surface area contributed by atoms with Gasteiger partial charge in [-0.3, -0.25) is 4.79 Å². The van der Waals surface area contributed by atoms with Crippen LogP contribution in [0.4, 0.5) is 0 Å². The molecule has 0 aromatic carbocycles. The highest BCUT2D eigenvalue weighted by atomic mass is 16.2. The van der Waals surface area contributed by atoms with E-state index in [1.54, 1.807) is 11.8 Å². The van der Waals surface area contributed by atoms with E-state index in [-0.39, 0.29) is 5.91 Å². The lowest BCUT2D eigenvalue weighted by atomic mass is 10.3. The second kappa shape index (κ2) is 2.62. The van der Waals surface area contributed by atoms with Gasteiger partial charge in [-0.05, 0) is 0 Å². The molecule has 1 radical (unpaired) electrons. The summed E-state index contributed by atoms with van der Waals surface area (Å²) in [6, 6.07) is 0. The van der Waals surface area contributed by atoms with Gasteiger partial charge in [0.15, 0.2) is 0 Å². The van der Waals surface area contributed by atoms with E-state index in [0.717, 1.165) is 18.9 Å². The van der Waals surface area contributed by atoms with Crippen molar-refractivity contribution < 1.29 is 4.79 Å². The van der Waals surface area contributed by atoms with Crippen molar-refractivity contribution in [2.75, 3.05) is 6.54 Å². The van der Waals surface area contributed by atoms with Gasteiger partial charge in [0.2, 0.25) is 5.91 Å². The van der Waals surface area contributed by atoms with Gasteiger partial charge >= 0.3 is 0 Å². The van der Waals surface area contributed by atoms with Crippen LogP contribution in [0.3, 0.4) is 0 Å². The molecule has 0 atom stereocenters. The molecule has 2 heterocycles. The maximum absolute atomic E-state index is 11.0. The van der Waals surface area contributed by atoms with Gasteiger partial charge in [0.05, 0.1) is 6.54 Å². The Morgan fingerprint density at radius 2 is 2.50 bits per heavy atom. The van der Waals surface area contributed by atoms with Crippen molar-refractivity contribution in [1.82, 2.24) is 14.5 Å². The fraction of sp³-hybridized carbons (Fsp3) is 0.500. The number of aromatic nitrogens is 2. The number of fused-ring (bicyclic) bond motifs is 1. The summed E-state index contributed by atoms with van der Waals surface area (Å²) < 4.78 is 2.03. The van der Waals surface area contributed by atoms with Crippen LogP contribution < -0.4 is 0 Å². The lowest BCUT2D eigenvalue weighted by Crippen LogP contribution is -2.36. The van der Waals surface area contributed by atoms with E-state index in [1.165, 1.54) is 0 Å². The molecule has 12 heavy (non-hydrogen) atoms. The van der Waals surface area contributed by atoms with Crippen LogP contribution >= 0.6 is 0 Å². The Morgan fingerprint density at radius 1 is 1.67 bits per heavy atom. The zero-order valence-electron chi connectivity index (χ0n) is 6.95. The van der Waals surface area contributed by atoms with E-state index in [9.17, 15) is 4.79 Å². The molecule has 1 aromatic rings.